The van der Waals surface area contributed by atoms with E-state index in [4.69, 9.17) is 4.74 Å². The highest BCUT2D eigenvalue weighted by molar-refractivity contribution is 5.88. The Morgan fingerprint density at radius 1 is 1.06 bits per heavy atom. The van der Waals surface area contributed by atoms with Crippen LogP contribution in [0.25, 0.3) is 0 Å². The lowest BCUT2D eigenvalue weighted by atomic mass is 10.1. The van der Waals surface area contributed by atoms with Crippen LogP contribution in [0.15, 0.2) is 42.5 Å². The van der Waals surface area contributed by atoms with Crippen LogP contribution in [0, 0.1) is 19.7 Å². The molecule has 0 saturated carbocycles. The summed E-state index contributed by atoms with van der Waals surface area (Å²) in [6.45, 7) is 8.46. The highest BCUT2D eigenvalue weighted by Gasteiger charge is 2.28. The molecule has 5 nitrogen and oxygen atoms in total. The minimum atomic E-state index is -0.628. The zero-order chi connectivity index (χ0) is 22.8. The molecule has 0 aliphatic heterocycles. The van der Waals surface area contributed by atoms with E-state index in [1.165, 1.54) is 17.0 Å². The second-order valence-corrected chi connectivity index (χ2v) is 7.83. The van der Waals surface area contributed by atoms with E-state index in [1.54, 1.807) is 12.1 Å². The molecule has 31 heavy (non-hydrogen) atoms. The van der Waals surface area contributed by atoms with Gasteiger partial charge >= 0.3 is 0 Å². The molecule has 1 atom stereocenters. The van der Waals surface area contributed by atoms with Crippen molar-refractivity contribution in [1.82, 2.24) is 10.2 Å². The van der Waals surface area contributed by atoms with Gasteiger partial charge in [0, 0.05) is 13.1 Å². The molecule has 2 aromatic carbocycles. The average molecular weight is 429 g/mol. The fraction of sp³-hybridized carbons (Fsp3) is 0.440. The first-order chi connectivity index (χ1) is 14.8. The topological polar surface area (TPSA) is 58.6 Å². The second-order valence-electron chi connectivity index (χ2n) is 7.83. The molecule has 0 saturated heterocycles. The van der Waals surface area contributed by atoms with Gasteiger partial charge in [-0.05, 0) is 67.6 Å². The minimum Gasteiger partial charge on any atom is -0.484 e. The summed E-state index contributed by atoms with van der Waals surface area (Å²) in [7, 11) is 0. The van der Waals surface area contributed by atoms with Crippen LogP contribution in [0.1, 0.15) is 49.8 Å². The van der Waals surface area contributed by atoms with Crippen molar-refractivity contribution in [2.75, 3.05) is 13.2 Å². The highest BCUT2D eigenvalue weighted by atomic mass is 19.1. The number of hydrogen-bond donors (Lipinski definition) is 1. The number of aryl methyl sites for hydroxylation is 2. The van der Waals surface area contributed by atoms with E-state index in [-0.39, 0.29) is 30.8 Å². The number of nitrogens with one attached hydrogen (secondary N) is 1. The van der Waals surface area contributed by atoms with Gasteiger partial charge in [0.15, 0.2) is 6.61 Å². The quantitative estimate of drug-likeness (QED) is 0.535. The predicted octanol–water partition coefficient (Wildman–Crippen LogP) is 4.55. The number of benzene rings is 2. The van der Waals surface area contributed by atoms with Crippen LogP contribution in [0.5, 0.6) is 5.75 Å². The fourth-order valence-electron chi connectivity index (χ4n) is 3.46. The zero-order valence-corrected chi connectivity index (χ0v) is 18.9. The second kappa shape index (κ2) is 12.1. The lowest BCUT2D eigenvalue weighted by Crippen LogP contribution is -2.50. The van der Waals surface area contributed by atoms with Crippen LogP contribution in [-0.4, -0.2) is 35.9 Å². The smallest absolute Gasteiger partial charge is 0.261 e. The molecule has 0 unspecified atom stereocenters. The van der Waals surface area contributed by atoms with Gasteiger partial charge in [-0.15, -0.1) is 0 Å². The van der Waals surface area contributed by atoms with Gasteiger partial charge in [0.05, 0.1) is 0 Å². The largest absolute Gasteiger partial charge is 0.484 e. The van der Waals surface area contributed by atoms with E-state index in [9.17, 15) is 14.0 Å². The Morgan fingerprint density at radius 2 is 1.71 bits per heavy atom. The number of carbonyl (C=O) groups excluding carboxylic acids is 2. The molecule has 168 valence electrons. The van der Waals surface area contributed by atoms with Gasteiger partial charge in [0.2, 0.25) is 5.91 Å². The van der Waals surface area contributed by atoms with Crippen molar-refractivity contribution in [2.24, 2.45) is 0 Å². The van der Waals surface area contributed by atoms with Gasteiger partial charge < -0.3 is 15.0 Å². The maximum Gasteiger partial charge on any atom is 0.261 e. The third-order valence-corrected chi connectivity index (χ3v) is 5.04. The van der Waals surface area contributed by atoms with E-state index >= 15 is 0 Å². The van der Waals surface area contributed by atoms with Crippen molar-refractivity contribution in [3.8, 4) is 5.75 Å². The molecule has 0 heterocycles. The van der Waals surface area contributed by atoms with Crippen LogP contribution < -0.4 is 10.1 Å². The molecule has 0 fully saturated rings. The SMILES string of the molecule is CCCCNC(=O)[C@H](CC)N(Cc1ccc(F)cc1)C(=O)COc1cc(C)cc(C)c1. The van der Waals surface area contributed by atoms with Crippen molar-refractivity contribution >= 4 is 11.8 Å². The summed E-state index contributed by atoms with van der Waals surface area (Å²) < 4.78 is 19.1. The summed E-state index contributed by atoms with van der Waals surface area (Å²) in [6, 6.07) is 11.1. The summed E-state index contributed by atoms with van der Waals surface area (Å²) in [5.41, 5.74) is 2.85. The van der Waals surface area contributed by atoms with E-state index in [0.29, 0.717) is 18.7 Å². The Kier molecular flexibility index (Phi) is 9.50. The van der Waals surface area contributed by atoms with Crippen molar-refractivity contribution in [2.45, 2.75) is 59.5 Å². The molecule has 2 aromatic rings. The number of unbranched alkanes of at least 4 members (excludes halogenated alkanes) is 1. The first-order valence-corrected chi connectivity index (χ1v) is 10.9. The van der Waals surface area contributed by atoms with E-state index < -0.39 is 6.04 Å². The number of nitrogens with zero attached hydrogens (tertiary/aromatic N) is 1. The van der Waals surface area contributed by atoms with Crippen molar-refractivity contribution in [3.05, 3.63) is 65.0 Å². The molecule has 0 aliphatic rings. The van der Waals surface area contributed by atoms with Gasteiger partial charge in [0.1, 0.15) is 17.6 Å². The first-order valence-electron chi connectivity index (χ1n) is 10.9. The number of hydrogen-bond acceptors (Lipinski definition) is 3. The highest BCUT2D eigenvalue weighted by Crippen LogP contribution is 2.18. The zero-order valence-electron chi connectivity index (χ0n) is 18.9. The van der Waals surface area contributed by atoms with Crippen LogP contribution in [0.2, 0.25) is 0 Å². The van der Waals surface area contributed by atoms with Gasteiger partial charge in [-0.2, -0.15) is 0 Å². The average Bonchev–Trinajstić information content (AvgIpc) is 2.73. The standard InChI is InChI=1S/C25H33FN2O3/c1-5-7-12-27-25(30)23(6-2)28(16-20-8-10-21(26)11-9-20)24(29)17-31-22-14-18(3)13-19(4)15-22/h8-11,13-15,23H,5-7,12,16-17H2,1-4H3,(H,27,30)/t23-/m0/s1. The number of rotatable bonds is 11. The fourth-order valence-corrected chi connectivity index (χ4v) is 3.46. The Hall–Kier alpha value is -2.89. The van der Waals surface area contributed by atoms with Crippen molar-refractivity contribution in [1.29, 1.82) is 0 Å². The molecule has 0 aliphatic carbocycles. The Morgan fingerprint density at radius 3 is 2.29 bits per heavy atom. The van der Waals surface area contributed by atoms with Gasteiger partial charge in [0.25, 0.3) is 5.91 Å². The predicted molar refractivity (Wildman–Crippen MR) is 120 cm³/mol. The molecular weight excluding hydrogens is 395 g/mol. The Labute approximate surface area is 184 Å². The number of amides is 2. The molecule has 0 bridgehead atoms. The molecule has 2 rings (SSSR count). The van der Waals surface area contributed by atoms with E-state index in [1.807, 2.05) is 39.0 Å². The summed E-state index contributed by atoms with van der Waals surface area (Å²) in [5, 5.41) is 2.92. The minimum absolute atomic E-state index is 0.178. The van der Waals surface area contributed by atoms with E-state index in [2.05, 4.69) is 12.2 Å². The summed E-state index contributed by atoms with van der Waals surface area (Å²) in [4.78, 5) is 27.5. The van der Waals surface area contributed by atoms with Crippen LogP contribution >= 0.6 is 0 Å². The summed E-state index contributed by atoms with van der Waals surface area (Å²) in [6.07, 6.45) is 2.32. The van der Waals surface area contributed by atoms with Crippen molar-refractivity contribution < 1.29 is 18.7 Å². The molecule has 0 radical (unpaired) electrons. The lowest BCUT2D eigenvalue weighted by molar-refractivity contribution is -0.143. The van der Waals surface area contributed by atoms with Crippen LogP contribution in [0.3, 0.4) is 0 Å². The van der Waals surface area contributed by atoms with Crippen LogP contribution in [-0.2, 0) is 16.1 Å². The van der Waals surface area contributed by atoms with E-state index in [0.717, 1.165) is 29.5 Å². The molecule has 0 spiro atoms. The summed E-state index contributed by atoms with van der Waals surface area (Å²) in [5.74, 6) is -0.198. The van der Waals surface area contributed by atoms with Gasteiger partial charge in [-0.3, -0.25) is 9.59 Å². The number of halogens is 1. The monoisotopic (exact) mass is 428 g/mol. The normalized spacial score (nSPS) is 11.6. The molecule has 0 aromatic heterocycles. The Balaban J connectivity index is 2.18. The van der Waals surface area contributed by atoms with Crippen LogP contribution in [0.4, 0.5) is 4.39 Å². The Bertz CT molecular complexity index is 847. The van der Waals surface area contributed by atoms with Gasteiger partial charge in [-0.1, -0.05) is 38.5 Å². The molecule has 6 heteroatoms. The number of carbonyl (C=O) groups is 2. The number of ether oxygens (including phenoxy) is 1. The molecule has 2 amide bonds. The third kappa shape index (κ3) is 7.70. The summed E-state index contributed by atoms with van der Waals surface area (Å²) >= 11 is 0. The molecular formula is C25H33FN2O3. The maximum atomic E-state index is 13.3. The lowest BCUT2D eigenvalue weighted by Gasteiger charge is -2.30. The third-order valence-electron chi connectivity index (χ3n) is 5.04. The maximum absolute atomic E-state index is 13.3. The van der Waals surface area contributed by atoms with Gasteiger partial charge in [-0.25, -0.2) is 4.39 Å². The van der Waals surface area contributed by atoms with Crippen molar-refractivity contribution in [3.63, 3.8) is 0 Å². The first kappa shape index (κ1) is 24.4. The molecule has 1 N–H and O–H groups in total.